The lowest BCUT2D eigenvalue weighted by Crippen LogP contribution is -2.45. The van der Waals surface area contributed by atoms with Crippen LogP contribution in [0.3, 0.4) is 0 Å². The van der Waals surface area contributed by atoms with Gasteiger partial charge in [-0.05, 0) is 0 Å². The number of methoxy groups -OCH3 is 1. The van der Waals surface area contributed by atoms with E-state index in [2.05, 4.69) is 10.3 Å². The molecular weight excluding hydrogens is 180 g/mol. The fourth-order valence-corrected chi connectivity index (χ4v) is 1.26. The molecule has 14 heavy (non-hydrogen) atoms. The summed E-state index contributed by atoms with van der Waals surface area (Å²) in [6.45, 7) is 2.82. The van der Waals surface area contributed by atoms with Gasteiger partial charge in [0.2, 0.25) is 11.8 Å². The smallest absolute Gasteiger partial charge is 0.216 e. The van der Waals surface area contributed by atoms with Crippen molar-refractivity contribution in [1.82, 2.24) is 10.3 Å². The van der Waals surface area contributed by atoms with Gasteiger partial charge in [-0.15, -0.1) is 0 Å². The lowest BCUT2D eigenvalue weighted by atomic mass is 10.1. The van der Waals surface area contributed by atoms with Crippen LogP contribution in [-0.2, 0) is 0 Å². The van der Waals surface area contributed by atoms with E-state index in [1.807, 2.05) is 12.1 Å². The summed E-state index contributed by atoms with van der Waals surface area (Å²) in [5.41, 5.74) is 0. The van der Waals surface area contributed by atoms with E-state index in [0.29, 0.717) is 17.7 Å². The normalized spacial score (nSPS) is 16.1. The number of aromatic nitrogens is 1. The molecule has 2 heterocycles. The highest BCUT2D eigenvalue weighted by Crippen LogP contribution is 2.14. The van der Waals surface area contributed by atoms with Gasteiger partial charge >= 0.3 is 0 Å². The maximum atomic E-state index is 5.52. The number of rotatable bonds is 4. The van der Waals surface area contributed by atoms with Gasteiger partial charge in [0.15, 0.2) is 0 Å². The molecule has 0 amide bonds. The van der Waals surface area contributed by atoms with Crippen molar-refractivity contribution in [3.05, 3.63) is 18.2 Å². The molecule has 0 bridgehead atoms. The summed E-state index contributed by atoms with van der Waals surface area (Å²) in [6, 6.07) is 5.52. The van der Waals surface area contributed by atoms with Crippen LogP contribution in [0.1, 0.15) is 0 Å². The standard InChI is InChI=1S/C10H14N2O2/c1-13-9-3-2-4-10(12-9)14-7-8-5-11-6-8/h2-4,8,11H,5-7H2,1H3. The van der Waals surface area contributed by atoms with E-state index in [1.165, 1.54) is 0 Å². The Morgan fingerprint density at radius 3 is 2.86 bits per heavy atom. The summed E-state index contributed by atoms with van der Waals surface area (Å²) >= 11 is 0. The molecule has 4 nitrogen and oxygen atoms in total. The first kappa shape index (κ1) is 9.27. The second-order valence-electron chi connectivity index (χ2n) is 3.35. The summed E-state index contributed by atoms with van der Waals surface area (Å²) in [5.74, 6) is 1.86. The molecule has 1 saturated heterocycles. The minimum absolute atomic E-state index is 0.592. The summed E-state index contributed by atoms with van der Waals surface area (Å²) in [5, 5.41) is 3.19. The summed E-state index contributed by atoms with van der Waals surface area (Å²) in [4.78, 5) is 4.16. The van der Waals surface area contributed by atoms with E-state index in [0.717, 1.165) is 19.7 Å². The lowest BCUT2D eigenvalue weighted by molar-refractivity contribution is 0.192. The number of nitrogens with one attached hydrogen (secondary N) is 1. The lowest BCUT2D eigenvalue weighted by Gasteiger charge is -2.26. The van der Waals surface area contributed by atoms with Crippen molar-refractivity contribution in [2.75, 3.05) is 26.8 Å². The van der Waals surface area contributed by atoms with E-state index < -0.39 is 0 Å². The molecule has 0 radical (unpaired) electrons. The molecule has 1 aliphatic rings. The highest BCUT2D eigenvalue weighted by Gasteiger charge is 2.17. The summed E-state index contributed by atoms with van der Waals surface area (Å²) in [6.07, 6.45) is 0. The fraction of sp³-hybridized carbons (Fsp3) is 0.500. The molecule has 0 spiro atoms. The van der Waals surface area contributed by atoms with Crippen LogP contribution in [0.25, 0.3) is 0 Å². The third-order valence-corrected chi connectivity index (χ3v) is 2.24. The number of hydrogen-bond acceptors (Lipinski definition) is 4. The van der Waals surface area contributed by atoms with E-state index in [9.17, 15) is 0 Å². The zero-order valence-electron chi connectivity index (χ0n) is 8.19. The van der Waals surface area contributed by atoms with Gasteiger partial charge in [0.25, 0.3) is 0 Å². The third-order valence-electron chi connectivity index (χ3n) is 2.24. The molecule has 1 aromatic rings. The minimum Gasteiger partial charge on any atom is -0.481 e. The minimum atomic E-state index is 0.592. The van der Waals surface area contributed by atoms with E-state index in [4.69, 9.17) is 9.47 Å². The van der Waals surface area contributed by atoms with Gasteiger partial charge in [-0.2, -0.15) is 4.98 Å². The van der Waals surface area contributed by atoms with Crippen molar-refractivity contribution in [3.63, 3.8) is 0 Å². The average Bonchev–Trinajstić information content (AvgIpc) is 2.16. The Balaban J connectivity index is 1.87. The van der Waals surface area contributed by atoms with Crippen LogP contribution in [0, 0.1) is 5.92 Å². The third kappa shape index (κ3) is 2.14. The van der Waals surface area contributed by atoms with Crippen molar-refractivity contribution in [2.45, 2.75) is 0 Å². The molecule has 76 valence electrons. The Bertz CT molecular complexity index is 300. The zero-order chi connectivity index (χ0) is 9.80. The monoisotopic (exact) mass is 194 g/mol. The second-order valence-corrected chi connectivity index (χ2v) is 3.35. The van der Waals surface area contributed by atoms with Crippen LogP contribution in [0.2, 0.25) is 0 Å². The van der Waals surface area contributed by atoms with E-state index in [1.54, 1.807) is 13.2 Å². The molecular formula is C10H14N2O2. The predicted octanol–water partition coefficient (Wildman–Crippen LogP) is 0.688. The summed E-state index contributed by atoms with van der Waals surface area (Å²) < 4.78 is 10.5. The largest absolute Gasteiger partial charge is 0.481 e. The molecule has 1 fully saturated rings. The van der Waals surface area contributed by atoms with Gasteiger partial charge in [-0.25, -0.2) is 0 Å². The van der Waals surface area contributed by atoms with Crippen molar-refractivity contribution < 1.29 is 9.47 Å². The quantitative estimate of drug-likeness (QED) is 0.765. The topological polar surface area (TPSA) is 43.4 Å². The molecule has 0 unspecified atom stereocenters. The van der Waals surface area contributed by atoms with Gasteiger partial charge in [0.05, 0.1) is 13.7 Å². The Labute approximate surface area is 83.2 Å². The van der Waals surface area contributed by atoms with Gasteiger partial charge < -0.3 is 14.8 Å². The second kappa shape index (κ2) is 4.28. The first-order valence-electron chi connectivity index (χ1n) is 4.73. The predicted molar refractivity (Wildman–Crippen MR) is 52.6 cm³/mol. The molecule has 0 saturated carbocycles. The van der Waals surface area contributed by atoms with Crippen molar-refractivity contribution in [3.8, 4) is 11.8 Å². The van der Waals surface area contributed by atoms with E-state index in [-0.39, 0.29) is 0 Å². The number of nitrogens with zero attached hydrogens (tertiary/aromatic N) is 1. The average molecular weight is 194 g/mol. The van der Waals surface area contributed by atoms with Gasteiger partial charge in [0, 0.05) is 31.1 Å². The van der Waals surface area contributed by atoms with Crippen LogP contribution in [-0.4, -0.2) is 31.8 Å². The van der Waals surface area contributed by atoms with Gasteiger partial charge in [0.1, 0.15) is 0 Å². The van der Waals surface area contributed by atoms with Crippen molar-refractivity contribution in [2.24, 2.45) is 5.92 Å². The Morgan fingerprint density at radius 2 is 2.21 bits per heavy atom. The first-order chi connectivity index (χ1) is 6.88. The Kier molecular flexibility index (Phi) is 2.84. The number of hydrogen-bond donors (Lipinski definition) is 1. The SMILES string of the molecule is COc1cccc(OCC2CNC2)n1. The maximum absolute atomic E-state index is 5.52. The first-order valence-corrected chi connectivity index (χ1v) is 4.73. The van der Waals surface area contributed by atoms with E-state index >= 15 is 0 Å². The van der Waals surface area contributed by atoms with Gasteiger partial charge in [-0.3, -0.25) is 0 Å². The highest BCUT2D eigenvalue weighted by atomic mass is 16.5. The summed E-state index contributed by atoms with van der Waals surface area (Å²) in [7, 11) is 1.60. The van der Waals surface area contributed by atoms with Crippen molar-refractivity contribution in [1.29, 1.82) is 0 Å². The van der Waals surface area contributed by atoms with Crippen LogP contribution in [0.4, 0.5) is 0 Å². The van der Waals surface area contributed by atoms with Gasteiger partial charge in [-0.1, -0.05) is 6.07 Å². The van der Waals surface area contributed by atoms with Crippen LogP contribution in [0.5, 0.6) is 11.8 Å². The Morgan fingerprint density at radius 1 is 1.43 bits per heavy atom. The van der Waals surface area contributed by atoms with Crippen molar-refractivity contribution >= 4 is 0 Å². The fourth-order valence-electron chi connectivity index (χ4n) is 1.26. The van der Waals surface area contributed by atoms with Crippen LogP contribution in [0.15, 0.2) is 18.2 Å². The molecule has 0 aromatic carbocycles. The maximum Gasteiger partial charge on any atom is 0.216 e. The number of ether oxygens (including phenoxy) is 2. The molecule has 0 atom stereocenters. The Hall–Kier alpha value is -1.29. The molecule has 1 N–H and O–H groups in total. The highest BCUT2D eigenvalue weighted by molar-refractivity contribution is 5.19. The molecule has 1 aromatic heterocycles. The molecule has 1 aliphatic heterocycles. The van der Waals surface area contributed by atoms with Crippen LogP contribution < -0.4 is 14.8 Å². The van der Waals surface area contributed by atoms with Crippen LogP contribution >= 0.6 is 0 Å². The molecule has 4 heteroatoms. The zero-order valence-corrected chi connectivity index (χ0v) is 8.19. The molecule has 0 aliphatic carbocycles. The number of pyridine rings is 1. The molecule has 2 rings (SSSR count).